The van der Waals surface area contributed by atoms with Crippen LogP contribution in [0.25, 0.3) is 11.4 Å². The first-order valence-electron chi connectivity index (χ1n) is 6.41. The summed E-state index contributed by atoms with van der Waals surface area (Å²) in [5.41, 5.74) is 0.878. The number of carbonyl (C=O) groups excluding carboxylic acids is 1. The molecule has 20 heavy (non-hydrogen) atoms. The van der Waals surface area contributed by atoms with Gasteiger partial charge in [-0.05, 0) is 24.3 Å². The fourth-order valence-corrected chi connectivity index (χ4v) is 2.15. The zero-order chi connectivity index (χ0) is 14.1. The topological polar surface area (TPSA) is 68.5 Å². The third kappa shape index (κ3) is 2.24. The van der Waals surface area contributed by atoms with Crippen molar-refractivity contribution in [1.29, 1.82) is 0 Å². The second kappa shape index (κ2) is 4.96. The van der Waals surface area contributed by atoms with Crippen LogP contribution in [0.3, 0.4) is 0 Å². The molecule has 0 atom stereocenters. The van der Waals surface area contributed by atoms with Crippen LogP contribution in [-0.4, -0.2) is 41.1 Å². The van der Waals surface area contributed by atoms with Gasteiger partial charge in [0.25, 0.3) is 0 Å². The van der Waals surface area contributed by atoms with Gasteiger partial charge < -0.3 is 14.2 Å². The number of rotatable bonds is 3. The Morgan fingerprint density at radius 1 is 1.35 bits per heavy atom. The molecular weight excluding hydrogens is 258 g/mol. The summed E-state index contributed by atoms with van der Waals surface area (Å²) in [6, 6.07) is 7.48. The second-order valence-corrected chi connectivity index (χ2v) is 4.81. The highest BCUT2D eigenvalue weighted by Gasteiger charge is 2.34. The third-order valence-corrected chi connectivity index (χ3v) is 3.47. The van der Waals surface area contributed by atoms with E-state index in [2.05, 4.69) is 10.1 Å². The number of carbonyl (C=O) groups is 1. The molecular formula is C14H15N3O3. The maximum Gasteiger partial charge on any atom is 0.233 e. The standard InChI is InChI=1S/C14H15N3O3/c1-9(18)17-7-11(8-17)14-15-13(16-20-14)10-3-5-12(19-2)6-4-10/h3-6,11H,7-8H2,1-2H3. The van der Waals surface area contributed by atoms with Crippen molar-refractivity contribution in [3.8, 4) is 17.1 Å². The number of methoxy groups -OCH3 is 1. The van der Waals surface area contributed by atoms with E-state index in [0.717, 1.165) is 11.3 Å². The van der Waals surface area contributed by atoms with Gasteiger partial charge in [0.1, 0.15) is 5.75 Å². The third-order valence-electron chi connectivity index (χ3n) is 3.47. The van der Waals surface area contributed by atoms with Gasteiger partial charge in [0.05, 0.1) is 13.0 Å². The van der Waals surface area contributed by atoms with Crippen LogP contribution in [0.15, 0.2) is 28.8 Å². The Morgan fingerprint density at radius 3 is 2.65 bits per heavy atom. The minimum atomic E-state index is 0.0798. The molecule has 0 unspecified atom stereocenters. The summed E-state index contributed by atoms with van der Waals surface area (Å²) >= 11 is 0. The van der Waals surface area contributed by atoms with E-state index in [1.54, 1.807) is 18.9 Å². The SMILES string of the molecule is COc1ccc(-c2noc(C3CN(C(C)=O)C3)n2)cc1. The highest BCUT2D eigenvalue weighted by molar-refractivity contribution is 5.74. The van der Waals surface area contributed by atoms with Crippen LogP contribution in [0.4, 0.5) is 0 Å². The molecule has 2 aromatic rings. The minimum Gasteiger partial charge on any atom is -0.497 e. The van der Waals surface area contributed by atoms with Crippen molar-refractivity contribution in [3.05, 3.63) is 30.2 Å². The Hall–Kier alpha value is -2.37. The highest BCUT2D eigenvalue weighted by Crippen LogP contribution is 2.28. The first kappa shape index (κ1) is 12.7. The van der Waals surface area contributed by atoms with Gasteiger partial charge in [0, 0.05) is 25.6 Å². The number of ether oxygens (including phenoxy) is 1. The quantitative estimate of drug-likeness (QED) is 0.851. The fraction of sp³-hybridized carbons (Fsp3) is 0.357. The molecule has 104 valence electrons. The van der Waals surface area contributed by atoms with Crippen LogP contribution in [0.5, 0.6) is 5.75 Å². The molecule has 6 heteroatoms. The van der Waals surface area contributed by atoms with Crippen LogP contribution in [-0.2, 0) is 4.79 Å². The zero-order valence-corrected chi connectivity index (χ0v) is 11.4. The van der Waals surface area contributed by atoms with Crippen LogP contribution < -0.4 is 4.74 Å². The molecule has 2 heterocycles. The number of hydrogen-bond acceptors (Lipinski definition) is 5. The van der Waals surface area contributed by atoms with E-state index < -0.39 is 0 Å². The predicted molar refractivity (Wildman–Crippen MR) is 71.3 cm³/mol. The normalized spacial score (nSPS) is 15.0. The molecule has 0 radical (unpaired) electrons. The summed E-state index contributed by atoms with van der Waals surface area (Å²) in [6.07, 6.45) is 0. The van der Waals surface area contributed by atoms with E-state index in [9.17, 15) is 4.79 Å². The van der Waals surface area contributed by atoms with E-state index in [1.165, 1.54) is 0 Å². The monoisotopic (exact) mass is 273 g/mol. The van der Waals surface area contributed by atoms with Gasteiger partial charge in [0.15, 0.2) is 0 Å². The summed E-state index contributed by atoms with van der Waals surface area (Å²) in [6.45, 7) is 2.87. The van der Waals surface area contributed by atoms with Crippen molar-refractivity contribution in [3.63, 3.8) is 0 Å². The number of benzene rings is 1. The van der Waals surface area contributed by atoms with Gasteiger partial charge in [0.2, 0.25) is 17.6 Å². The number of hydrogen-bond donors (Lipinski definition) is 0. The molecule has 1 aliphatic rings. The van der Waals surface area contributed by atoms with Crippen molar-refractivity contribution in [1.82, 2.24) is 15.0 Å². The molecule has 1 aromatic carbocycles. The van der Waals surface area contributed by atoms with E-state index in [4.69, 9.17) is 9.26 Å². The van der Waals surface area contributed by atoms with E-state index >= 15 is 0 Å². The molecule has 6 nitrogen and oxygen atoms in total. The fourth-order valence-electron chi connectivity index (χ4n) is 2.15. The average molecular weight is 273 g/mol. The van der Waals surface area contributed by atoms with Crippen LogP contribution in [0, 0.1) is 0 Å². The summed E-state index contributed by atoms with van der Waals surface area (Å²) in [7, 11) is 1.62. The maximum atomic E-state index is 11.1. The Morgan fingerprint density at radius 2 is 2.05 bits per heavy atom. The summed E-state index contributed by atoms with van der Waals surface area (Å²) in [5.74, 6) is 2.17. The smallest absolute Gasteiger partial charge is 0.233 e. The lowest BCUT2D eigenvalue weighted by atomic mass is 10.0. The molecule has 0 aliphatic carbocycles. The lowest BCUT2D eigenvalue weighted by Crippen LogP contribution is -2.47. The van der Waals surface area contributed by atoms with Crippen molar-refractivity contribution in [2.45, 2.75) is 12.8 Å². The second-order valence-electron chi connectivity index (χ2n) is 4.81. The summed E-state index contributed by atoms with van der Waals surface area (Å²) in [5, 5.41) is 3.98. The molecule has 1 aliphatic heterocycles. The molecule has 0 bridgehead atoms. The molecule has 1 aromatic heterocycles. The van der Waals surface area contributed by atoms with Gasteiger partial charge >= 0.3 is 0 Å². The first-order chi connectivity index (χ1) is 9.67. The minimum absolute atomic E-state index is 0.0798. The van der Waals surface area contributed by atoms with Crippen LogP contribution >= 0.6 is 0 Å². The molecule has 1 amide bonds. The summed E-state index contributed by atoms with van der Waals surface area (Å²) in [4.78, 5) is 17.3. The van der Waals surface area contributed by atoms with Crippen molar-refractivity contribution < 1.29 is 14.1 Å². The molecule has 1 saturated heterocycles. The van der Waals surface area contributed by atoms with Gasteiger partial charge in [-0.3, -0.25) is 4.79 Å². The van der Waals surface area contributed by atoms with Gasteiger partial charge in [-0.15, -0.1) is 0 Å². The molecule has 0 N–H and O–H groups in total. The Bertz CT molecular complexity index is 615. The largest absolute Gasteiger partial charge is 0.497 e. The van der Waals surface area contributed by atoms with Gasteiger partial charge in [-0.1, -0.05) is 5.16 Å². The zero-order valence-electron chi connectivity index (χ0n) is 11.4. The molecule has 0 spiro atoms. The number of nitrogens with zero attached hydrogens (tertiary/aromatic N) is 3. The molecule has 1 fully saturated rings. The average Bonchev–Trinajstić information content (AvgIpc) is 2.86. The first-order valence-corrected chi connectivity index (χ1v) is 6.41. The van der Waals surface area contributed by atoms with Crippen LogP contribution in [0.2, 0.25) is 0 Å². The van der Waals surface area contributed by atoms with Gasteiger partial charge in [-0.25, -0.2) is 0 Å². The van der Waals surface area contributed by atoms with Crippen molar-refractivity contribution in [2.24, 2.45) is 0 Å². The Kier molecular flexibility index (Phi) is 3.14. The molecule has 0 saturated carbocycles. The Balaban J connectivity index is 1.72. The van der Waals surface area contributed by atoms with Crippen molar-refractivity contribution >= 4 is 5.91 Å². The lowest BCUT2D eigenvalue weighted by Gasteiger charge is -2.36. The molecule has 3 rings (SSSR count). The lowest BCUT2D eigenvalue weighted by molar-refractivity contribution is -0.133. The highest BCUT2D eigenvalue weighted by atomic mass is 16.5. The maximum absolute atomic E-state index is 11.1. The number of aromatic nitrogens is 2. The Labute approximate surface area is 116 Å². The van der Waals surface area contributed by atoms with Crippen LogP contribution in [0.1, 0.15) is 18.7 Å². The predicted octanol–water partition coefficient (Wildman–Crippen LogP) is 1.69. The van der Waals surface area contributed by atoms with Gasteiger partial charge in [-0.2, -0.15) is 4.98 Å². The van der Waals surface area contributed by atoms with E-state index in [-0.39, 0.29) is 11.8 Å². The number of amides is 1. The van der Waals surface area contributed by atoms with E-state index in [1.807, 2.05) is 24.3 Å². The summed E-state index contributed by atoms with van der Waals surface area (Å²) < 4.78 is 10.4. The number of likely N-dealkylation sites (tertiary alicyclic amines) is 1. The van der Waals surface area contributed by atoms with E-state index in [0.29, 0.717) is 24.8 Å². The van der Waals surface area contributed by atoms with Crippen molar-refractivity contribution in [2.75, 3.05) is 20.2 Å².